The van der Waals surface area contributed by atoms with Crippen LogP contribution >= 0.6 is 67.1 Å². The van der Waals surface area contributed by atoms with E-state index in [2.05, 4.69) is 46.8 Å². The zero-order chi connectivity index (χ0) is 17.6. The zero-order valence-corrected chi connectivity index (χ0v) is 18.4. The SMILES string of the molecule is C[NH+]=C(N)Sc1cc(SC(N)=[NH+]C)c(Br)c(SC(N)=[NH+]C)c1Br. The lowest BCUT2D eigenvalue weighted by molar-refractivity contribution is -0.417. The first kappa shape index (κ1) is 20.7. The minimum atomic E-state index is 0.584. The largest absolute Gasteiger partial charge is 0.306 e. The minimum Gasteiger partial charge on any atom is -0.281 e. The maximum absolute atomic E-state index is 5.93. The number of rotatable bonds is 3. The van der Waals surface area contributed by atoms with Crippen molar-refractivity contribution in [2.75, 3.05) is 21.1 Å². The van der Waals surface area contributed by atoms with Crippen LogP contribution in [0.25, 0.3) is 0 Å². The maximum atomic E-state index is 5.93. The van der Waals surface area contributed by atoms with Crippen LogP contribution < -0.4 is 32.2 Å². The summed E-state index contributed by atoms with van der Waals surface area (Å²) in [4.78, 5) is 11.6. The minimum absolute atomic E-state index is 0.584. The molecule has 0 heterocycles. The van der Waals surface area contributed by atoms with E-state index in [9.17, 15) is 0 Å². The monoisotopic (exact) mass is 501 g/mol. The molecule has 0 saturated heterocycles. The standard InChI is InChI=1S/C12H16Br2N6S3/c1-18-10(15)21-5-4-6(22-11(16)19-2)8(14)9(7(5)13)23-12(17)20-3/h4H,1-3H3,(H2,15,18)(H2,16,19)(H2,17,20)/p+3. The first-order valence-electron chi connectivity index (χ1n) is 6.30. The second-order valence-corrected chi connectivity index (χ2v) is 8.78. The molecule has 6 nitrogen and oxygen atoms in total. The quantitative estimate of drug-likeness (QED) is 0.155. The van der Waals surface area contributed by atoms with Crippen LogP contribution in [-0.4, -0.2) is 36.6 Å². The lowest BCUT2D eigenvalue weighted by atomic mass is 10.4. The first-order valence-corrected chi connectivity index (χ1v) is 10.3. The molecule has 0 aromatic heterocycles. The van der Waals surface area contributed by atoms with Crippen molar-refractivity contribution in [3.63, 3.8) is 0 Å². The predicted molar refractivity (Wildman–Crippen MR) is 108 cm³/mol. The van der Waals surface area contributed by atoms with Crippen molar-refractivity contribution >= 4 is 82.6 Å². The highest BCUT2D eigenvalue weighted by atomic mass is 79.9. The molecule has 23 heavy (non-hydrogen) atoms. The predicted octanol–water partition coefficient (Wildman–Crippen LogP) is -2.44. The van der Waals surface area contributed by atoms with E-state index in [1.165, 1.54) is 35.3 Å². The Labute approximate surface area is 164 Å². The number of halogens is 2. The molecule has 0 aliphatic rings. The van der Waals surface area contributed by atoms with Gasteiger partial charge in [-0.2, -0.15) is 0 Å². The molecule has 1 aromatic rings. The van der Waals surface area contributed by atoms with E-state index in [-0.39, 0.29) is 0 Å². The van der Waals surface area contributed by atoms with Gasteiger partial charge >= 0.3 is 15.5 Å². The van der Waals surface area contributed by atoms with Crippen LogP contribution in [0.1, 0.15) is 0 Å². The molecule has 126 valence electrons. The van der Waals surface area contributed by atoms with Crippen LogP contribution in [0.5, 0.6) is 0 Å². The Morgan fingerprint density at radius 3 is 1.48 bits per heavy atom. The van der Waals surface area contributed by atoms with Crippen LogP contribution in [0.2, 0.25) is 0 Å². The molecule has 0 amide bonds. The number of amidine groups is 3. The topological polar surface area (TPSA) is 120 Å². The van der Waals surface area contributed by atoms with Gasteiger partial charge in [-0.25, -0.2) is 0 Å². The third-order valence-electron chi connectivity index (χ3n) is 2.48. The molecule has 1 rings (SSSR count). The van der Waals surface area contributed by atoms with Gasteiger partial charge in [0.05, 0.1) is 26.0 Å². The molecular weight excluding hydrogens is 484 g/mol. The van der Waals surface area contributed by atoms with Gasteiger partial charge in [0, 0.05) is 18.7 Å². The molecule has 0 fully saturated rings. The van der Waals surface area contributed by atoms with Crippen LogP contribution in [0.4, 0.5) is 0 Å². The van der Waals surface area contributed by atoms with Crippen molar-refractivity contribution in [1.29, 1.82) is 0 Å². The fourth-order valence-electron chi connectivity index (χ4n) is 1.30. The van der Waals surface area contributed by atoms with Crippen LogP contribution in [-0.2, 0) is 0 Å². The van der Waals surface area contributed by atoms with E-state index in [4.69, 9.17) is 17.2 Å². The normalized spacial score (nSPS) is 13.5. The second-order valence-electron chi connectivity index (χ2n) is 3.98. The third kappa shape index (κ3) is 5.89. The van der Waals surface area contributed by atoms with Gasteiger partial charge in [-0.1, -0.05) is 0 Å². The number of nitrogens with one attached hydrogen (secondary N) is 3. The van der Waals surface area contributed by atoms with E-state index in [1.54, 1.807) is 21.1 Å². The lowest BCUT2D eigenvalue weighted by Gasteiger charge is -2.12. The smallest absolute Gasteiger partial charge is 0.281 e. The average molecular weight is 503 g/mol. The van der Waals surface area contributed by atoms with Crippen molar-refractivity contribution in [1.82, 2.24) is 0 Å². The van der Waals surface area contributed by atoms with Gasteiger partial charge in [0.1, 0.15) is 0 Å². The summed E-state index contributed by atoms with van der Waals surface area (Å²) in [6.07, 6.45) is 0. The second kappa shape index (κ2) is 9.82. The summed E-state index contributed by atoms with van der Waals surface area (Å²) >= 11 is 11.5. The van der Waals surface area contributed by atoms with Gasteiger partial charge in [0.25, 0.3) is 0 Å². The highest BCUT2D eigenvalue weighted by Crippen LogP contribution is 2.45. The Morgan fingerprint density at radius 2 is 1.13 bits per heavy atom. The molecular formula is C12H19Br2N6S3+3. The van der Waals surface area contributed by atoms with Crippen LogP contribution in [0.3, 0.4) is 0 Å². The van der Waals surface area contributed by atoms with E-state index in [0.29, 0.717) is 15.5 Å². The van der Waals surface area contributed by atoms with Gasteiger partial charge in [0.2, 0.25) is 0 Å². The van der Waals surface area contributed by atoms with E-state index in [1.807, 2.05) is 6.07 Å². The van der Waals surface area contributed by atoms with Gasteiger partial charge in [0.15, 0.2) is 0 Å². The van der Waals surface area contributed by atoms with Crippen LogP contribution in [0, 0.1) is 0 Å². The highest BCUT2D eigenvalue weighted by molar-refractivity contribution is 9.11. The number of benzene rings is 1. The van der Waals surface area contributed by atoms with Gasteiger partial charge < -0.3 is 0 Å². The van der Waals surface area contributed by atoms with Crippen molar-refractivity contribution < 1.29 is 15.0 Å². The molecule has 0 atom stereocenters. The van der Waals surface area contributed by atoms with Crippen molar-refractivity contribution in [3.8, 4) is 0 Å². The van der Waals surface area contributed by atoms with Crippen molar-refractivity contribution in [2.24, 2.45) is 17.2 Å². The Morgan fingerprint density at radius 1 is 0.783 bits per heavy atom. The maximum Gasteiger partial charge on any atom is 0.306 e. The number of hydrogen-bond acceptors (Lipinski definition) is 3. The number of hydrogen-bond donors (Lipinski definition) is 6. The van der Waals surface area contributed by atoms with E-state index in [0.717, 1.165) is 23.6 Å². The molecule has 0 saturated carbocycles. The number of thioether (sulfide) groups is 3. The highest BCUT2D eigenvalue weighted by Gasteiger charge is 2.21. The summed E-state index contributed by atoms with van der Waals surface area (Å²) in [6, 6.07) is 2.01. The van der Waals surface area contributed by atoms with Crippen LogP contribution in [0.15, 0.2) is 29.7 Å². The average Bonchev–Trinajstić information content (AvgIpc) is 2.55. The fourth-order valence-corrected chi connectivity index (χ4v) is 5.51. The summed E-state index contributed by atoms with van der Waals surface area (Å²) in [6.45, 7) is 0. The van der Waals surface area contributed by atoms with Gasteiger partial charge in [-0.05, 0) is 73.2 Å². The molecule has 0 aliphatic heterocycles. The summed E-state index contributed by atoms with van der Waals surface area (Å²) in [5, 5.41) is 1.77. The van der Waals surface area contributed by atoms with Gasteiger partial charge in [-0.3, -0.25) is 32.2 Å². The molecule has 0 bridgehead atoms. The third-order valence-corrected chi connectivity index (χ3v) is 8.15. The molecule has 0 unspecified atom stereocenters. The Kier molecular flexibility index (Phi) is 8.83. The lowest BCUT2D eigenvalue weighted by Crippen LogP contribution is -2.69. The van der Waals surface area contributed by atoms with Crippen molar-refractivity contribution in [2.45, 2.75) is 14.7 Å². The Hall–Kier alpha value is -0.360. The molecule has 0 aliphatic carbocycles. The fraction of sp³-hybridized carbons (Fsp3) is 0.250. The van der Waals surface area contributed by atoms with E-state index < -0.39 is 0 Å². The molecule has 9 N–H and O–H groups in total. The molecule has 0 spiro atoms. The summed E-state index contributed by atoms with van der Waals surface area (Å²) in [5.74, 6) is 0. The number of nitrogens with two attached hydrogens (primary N) is 3. The molecule has 1 aromatic carbocycles. The van der Waals surface area contributed by atoms with E-state index >= 15 is 0 Å². The summed E-state index contributed by atoms with van der Waals surface area (Å²) in [5.41, 5.74) is 17.7. The first-order chi connectivity index (χ1) is 10.8. The van der Waals surface area contributed by atoms with Gasteiger partial charge in [-0.15, -0.1) is 0 Å². The zero-order valence-electron chi connectivity index (χ0n) is 12.8. The summed E-state index contributed by atoms with van der Waals surface area (Å²) < 4.78 is 1.81. The Balaban J connectivity index is 3.46. The summed E-state index contributed by atoms with van der Waals surface area (Å²) in [7, 11) is 5.33. The molecule has 11 heteroatoms. The molecule has 0 radical (unpaired) electrons. The Bertz CT molecular complexity index is 631. The van der Waals surface area contributed by atoms with Crippen molar-refractivity contribution in [3.05, 3.63) is 15.0 Å².